The molecule has 0 aliphatic rings. The third-order valence-corrected chi connectivity index (χ3v) is 4.13. The van der Waals surface area contributed by atoms with Crippen molar-refractivity contribution in [2.45, 2.75) is 52.9 Å². The maximum absolute atomic E-state index is 11.3. The molecule has 0 aliphatic carbocycles. The van der Waals surface area contributed by atoms with Crippen LogP contribution in [0.5, 0.6) is 5.75 Å². The average molecular weight is 464 g/mol. The zero-order valence-electron chi connectivity index (χ0n) is 20.2. The Kier molecular flexibility index (Phi) is 15.8. The molecule has 0 spiro atoms. The van der Waals surface area contributed by atoms with Gasteiger partial charge in [-0.05, 0) is 65.6 Å². The summed E-state index contributed by atoms with van der Waals surface area (Å²) in [5.74, 6) is 1.45. The summed E-state index contributed by atoms with van der Waals surface area (Å²) in [5.41, 5.74) is 1.95. The lowest BCUT2D eigenvalue weighted by molar-refractivity contribution is -0.146. The molecule has 1 unspecified atom stereocenters. The van der Waals surface area contributed by atoms with Gasteiger partial charge in [-0.3, -0.25) is 9.59 Å². The molecule has 6 nitrogen and oxygen atoms in total. The SMILES string of the molecule is CC(C)(C)OC=O.CNC(C)C(=O)OCc1ccccc1.CSCOc1ccc(C)cc1. The van der Waals surface area contributed by atoms with Crippen molar-refractivity contribution in [3.05, 3.63) is 65.7 Å². The van der Waals surface area contributed by atoms with Gasteiger partial charge in [0.15, 0.2) is 0 Å². The number of thioether (sulfide) groups is 1. The Morgan fingerprint density at radius 1 is 1.09 bits per heavy atom. The van der Waals surface area contributed by atoms with Gasteiger partial charge in [0.25, 0.3) is 6.47 Å². The molecule has 2 aromatic rings. The minimum Gasteiger partial charge on any atom is -0.483 e. The lowest BCUT2D eigenvalue weighted by atomic mass is 10.2. The van der Waals surface area contributed by atoms with Gasteiger partial charge in [0.05, 0.1) is 0 Å². The average Bonchev–Trinajstić information content (AvgIpc) is 2.77. The van der Waals surface area contributed by atoms with Crippen LogP contribution in [0.1, 0.15) is 38.8 Å². The maximum atomic E-state index is 11.3. The number of hydrogen-bond donors (Lipinski definition) is 1. The lowest BCUT2D eigenvalue weighted by Gasteiger charge is -2.14. The van der Waals surface area contributed by atoms with E-state index in [0.29, 0.717) is 13.1 Å². The normalized spacial score (nSPS) is 11.0. The van der Waals surface area contributed by atoms with E-state index in [9.17, 15) is 9.59 Å². The van der Waals surface area contributed by atoms with E-state index in [1.165, 1.54) is 5.56 Å². The van der Waals surface area contributed by atoms with E-state index in [0.717, 1.165) is 17.3 Å². The zero-order valence-corrected chi connectivity index (χ0v) is 21.0. The number of esters is 1. The second-order valence-corrected chi connectivity index (χ2v) is 8.61. The summed E-state index contributed by atoms with van der Waals surface area (Å²) in [7, 11) is 1.73. The van der Waals surface area contributed by atoms with Crippen LogP contribution >= 0.6 is 11.8 Å². The first-order chi connectivity index (χ1) is 15.1. The molecule has 178 valence electrons. The van der Waals surface area contributed by atoms with E-state index in [1.807, 2.05) is 69.5 Å². The second kappa shape index (κ2) is 17.1. The number of carbonyl (C=O) groups excluding carboxylic acids is 2. The van der Waals surface area contributed by atoms with Gasteiger partial charge in [0, 0.05) is 0 Å². The standard InChI is InChI=1S/C11H15NO2.C9H12OS.C5H10O2/c1-9(12-2)11(13)14-8-10-6-4-3-5-7-10;1-8-3-5-9(6-4-8)10-7-11-2;1-5(2,3)7-4-6/h3-7,9,12H,8H2,1-2H3;3-6H,7H2,1-2H3;4H,1-3H3. The number of hydrogen-bond acceptors (Lipinski definition) is 7. The van der Waals surface area contributed by atoms with Gasteiger partial charge in [-0.2, -0.15) is 0 Å². The summed E-state index contributed by atoms with van der Waals surface area (Å²) in [6.45, 7) is 10.1. The molecule has 0 saturated heterocycles. The topological polar surface area (TPSA) is 73.9 Å². The minimum absolute atomic E-state index is 0.226. The van der Waals surface area contributed by atoms with E-state index < -0.39 is 0 Å². The molecule has 32 heavy (non-hydrogen) atoms. The van der Waals surface area contributed by atoms with Crippen LogP contribution in [0.25, 0.3) is 0 Å². The van der Waals surface area contributed by atoms with Crippen molar-refractivity contribution in [3.63, 3.8) is 0 Å². The van der Waals surface area contributed by atoms with Gasteiger partial charge in [-0.15, -0.1) is 11.8 Å². The molecule has 2 aromatic carbocycles. The monoisotopic (exact) mass is 463 g/mol. The van der Waals surface area contributed by atoms with Gasteiger partial charge in [0.1, 0.15) is 29.9 Å². The number of aryl methyl sites for hydroxylation is 1. The fourth-order valence-corrected chi connectivity index (χ4v) is 2.13. The van der Waals surface area contributed by atoms with Gasteiger partial charge >= 0.3 is 5.97 Å². The summed E-state index contributed by atoms with van der Waals surface area (Å²) in [6.07, 6.45) is 2.02. The molecule has 7 heteroatoms. The van der Waals surface area contributed by atoms with Gasteiger partial charge in [-0.25, -0.2) is 0 Å². The van der Waals surface area contributed by atoms with E-state index in [2.05, 4.69) is 29.1 Å². The Hall–Kier alpha value is -2.51. The molecule has 2 rings (SSSR count). The number of nitrogens with one attached hydrogen (secondary N) is 1. The van der Waals surface area contributed by atoms with Crippen LogP contribution < -0.4 is 10.1 Å². The number of rotatable bonds is 8. The van der Waals surface area contributed by atoms with Gasteiger partial charge < -0.3 is 19.5 Å². The van der Waals surface area contributed by atoms with Crippen LogP contribution in [0.4, 0.5) is 0 Å². The molecule has 0 bridgehead atoms. The second-order valence-electron chi connectivity index (χ2n) is 7.79. The number of carbonyl (C=O) groups is 2. The molecule has 0 saturated carbocycles. The smallest absolute Gasteiger partial charge is 0.323 e. The summed E-state index contributed by atoms with van der Waals surface area (Å²) < 4.78 is 15.0. The zero-order chi connectivity index (χ0) is 24.4. The van der Waals surface area contributed by atoms with Crippen LogP contribution in [0.2, 0.25) is 0 Å². The fourth-order valence-electron chi connectivity index (χ4n) is 1.88. The maximum Gasteiger partial charge on any atom is 0.323 e. The Morgan fingerprint density at radius 2 is 1.69 bits per heavy atom. The summed E-state index contributed by atoms with van der Waals surface area (Å²) >= 11 is 1.68. The van der Waals surface area contributed by atoms with Gasteiger partial charge in [0.2, 0.25) is 0 Å². The highest BCUT2D eigenvalue weighted by molar-refractivity contribution is 7.98. The molecule has 0 aromatic heterocycles. The van der Waals surface area contributed by atoms with Crippen molar-refractivity contribution < 1.29 is 23.8 Å². The van der Waals surface area contributed by atoms with E-state index >= 15 is 0 Å². The first-order valence-electron chi connectivity index (χ1n) is 10.3. The molecule has 0 radical (unpaired) electrons. The molecule has 1 atom stereocenters. The highest BCUT2D eigenvalue weighted by Gasteiger charge is 2.11. The van der Waals surface area contributed by atoms with Crippen LogP contribution in [-0.4, -0.2) is 43.3 Å². The highest BCUT2D eigenvalue weighted by atomic mass is 32.2. The van der Waals surface area contributed by atoms with Crippen LogP contribution in [0.15, 0.2) is 54.6 Å². The molecular weight excluding hydrogens is 426 g/mol. The molecule has 0 fully saturated rings. The van der Waals surface area contributed by atoms with Crippen molar-refractivity contribution in [1.82, 2.24) is 5.32 Å². The molecule has 0 heterocycles. The lowest BCUT2D eigenvalue weighted by Crippen LogP contribution is -2.32. The Morgan fingerprint density at radius 3 is 2.12 bits per heavy atom. The summed E-state index contributed by atoms with van der Waals surface area (Å²) in [5, 5.41) is 2.83. The quantitative estimate of drug-likeness (QED) is 0.336. The third kappa shape index (κ3) is 16.2. The molecule has 1 N–H and O–H groups in total. The van der Waals surface area contributed by atoms with E-state index in [-0.39, 0.29) is 17.6 Å². The number of ether oxygens (including phenoxy) is 3. The Labute approximate surface area is 197 Å². The molecule has 0 aliphatic heterocycles. The first kappa shape index (κ1) is 29.5. The largest absolute Gasteiger partial charge is 0.483 e. The van der Waals surface area contributed by atoms with E-state index in [1.54, 1.807) is 25.7 Å². The number of benzene rings is 2. The van der Waals surface area contributed by atoms with Crippen LogP contribution in [-0.2, 0) is 25.7 Å². The summed E-state index contributed by atoms with van der Waals surface area (Å²) in [6, 6.07) is 17.5. The van der Waals surface area contributed by atoms with Gasteiger partial charge in [-0.1, -0.05) is 48.0 Å². The van der Waals surface area contributed by atoms with Crippen molar-refractivity contribution in [2.24, 2.45) is 0 Å². The van der Waals surface area contributed by atoms with Crippen molar-refractivity contribution >= 4 is 24.2 Å². The van der Waals surface area contributed by atoms with Crippen molar-refractivity contribution in [2.75, 3.05) is 19.2 Å². The van der Waals surface area contributed by atoms with Crippen molar-refractivity contribution in [3.8, 4) is 5.75 Å². The summed E-state index contributed by atoms with van der Waals surface area (Å²) in [4.78, 5) is 20.9. The number of likely N-dealkylation sites (N-methyl/N-ethyl adjacent to an activating group) is 1. The minimum atomic E-state index is -0.318. The Balaban J connectivity index is 0.000000478. The Bertz CT molecular complexity index is 745. The van der Waals surface area contributed by atoms with E-state index in [4.69, 9.17) is 9.47 Å². The fraction of sp³-hybridized carbons (Fsp3) is 0.440. The van der Waals surface area contributed by atoms with Crippen LogP contribution in [0, 0.1) is 6.92 Å². The highest BCUT2D eigenvalue weighted by Crippen LogP contribution is 2.12. The third-order valence-electron chi connectivity index (χ3n) is 3.78. The van der Waals surface area contributed by atoms with Crippen LogP contribution in [0.3, 0.4) is 0 Å². The molecule has 0 amide bonds. The predicted molar refractivity (Wildman–Crippen MR) is 132 cm³/mol. The molecular formula is C25H37NO5S. The first-order valence-corrected chi connectivity index (χ1v) is 11.7. The predicted octanol–water partition coefficient (Wildman–Crippen LogP) is 4.99. The van der Waals surface area contributed by atoms with Crippen molar-refractivity contribution in [1.29, 1.82) is 0 Å².